The summed E-state index contributed by atoms with van der Waals surface area (Å²) >= 11 is 0. The van der Waals surface area contributed by atoms with E-state index in [4.69, 9.17) is 4.74 Å². The standard InChI is InChI=1S/C26H34N6O3S/c1-18-14-20(19-4-8-31(9-5-19)21-2-6-27-7-3-21)15-23-24(18)35-16-22-25(30-23)28-17-29-26(22)32-10-12-36(33,34)13-11-32/h4,14-15,17,21,27H,2-3,5-13,16H2,1H3,(H,28,29,30). The number of fused-ring (bicyclic) bond motifs is 2. The van der Waals surface area contributed by atoms with Crippen molar-refractivity contribution in [3.05, 3.63) is 41.2 Å². The van der Waals surface area contributed by atoms with Gasteiger partial charge in [-0.1, -0.05) is 6.08 Å². The molecule has 6 rings (SSSR count). The molecule has 2 fully saturated rings. The van der Waals surface area contributed by atoms with E-state index >= 15 is 0 Å². The summed E-state index contributed by atoms with van der Waals surface area (Å²) in [6.45, 7) is 7.64. The number of aryl methyl sites for hydroxylation is 1. The van der Waals surface area contributed by atoms with Crippen molar-refractivity contribution in [1.29, 1.82) is 0 Å². The Labute approximate surface area is 212 Å². The second-order valence-corrected chi connectivity index (χ2v) is 12.5. The van der Waals surface area contributed by atoms with Crippen molar-refractivity contribution >= 4 is 32.7 Å². The van der Waals surface area contributed by atoms with Crippen LogP contribution < -0.4 is 20.3 Å². The molecule has 0 aliphatic carbocycles. The van der Waals surface area contributed by atoms with Crippen LogP contribution in [0.5, 0.6) is 5.75 Å². The summed E-state index contributed by atoms with van der Waals surface area (Å²) < 4.78 is 30.1. The Kier molecular flexibility index (Phi) is 6.35. The summed E-state index contributed by atoms with van der Waals surface area (Å²) in [5, 5.41) is 6.98. The lowest BCUT2D eigenvalue weighted by atomic mass is 9.95. The van der Waals surface area contributed by atoms with E-state index in [1.54, 1.807) is 6.33 Å². The van der Waals surface area contributed by atoms with E-state index in [0.717, 1.165) is 66.8 Å². The van der Waals surface area contributed by atoms with E-state index in [-0.39, 0.29) is 11.5 Å². The van der Waals surface area contributed by atoms with Gasteiger partial charge < -0.3 is 20.3 Å². The van der Waals surface area contributed by atoms with Crippen molar-refractivity contribution < 1.29 is 13.2 Å². The molecule has 36 heavy (non-hydrogen) atoms. The highest BCUT2D eigenvalue weighted by atomic mass is 32.2. The number of piperidine rings is 1. The summed E-state index contributed by atoms with van der Waals surface area (Å²) in [5.41, 5.74) is 5.48. The van der Waals surface area contributed by atoms with E-state index in [2.05, 4.69) is 50.6 Å². The fourth-order valence-electron chi connectivity index (χ4n) is 5.81. The van der Waals surface area contributed by atoms with Gasteiger partial charge in [0.15, 0.2) is 9.84 Å². The minimum atomic E-state index is -2.97. The maximum atomic E-state index is 11.9. The minimum Gasteiger partial charge on any atom is -0.486 e. The van der Waals surface area contributed by atoms with E-state index in [0.29, 0.717) is 25.7 Å². The molecule has 4 aliphatic heterocycles. The van der Waals surface area contributed by atoms with Crippen molar-refractivity contribution in [1.82, 2.24) is 20.2 Å². The second-order valence-electron chi connectivity index (χ2n) is 10.2. The Bertz CT molecular complexity index is 1270. The molecule has 0 saturated carbocycles. The smallest absolute Gasteiger partial charge is 0.153 e. The number of hydrogen-bond donors (Lipinski definition) is 2. The van der Waals surface area contributed by atoms with Crippen molar-refractivity contribution in [2.75, 3.05) is 61.0 Å². The molecule has 2 saturated heterocycles. The van der Waals surface area contributed by atoms with Crippen LogP contribution in [0.15, 0.2) is 24.5 Å². The average Bonchev–Trinajstić information content (AvgIpc) is 3.09. The molecule has 1 aromatic carbocycles. The van der Waals surface area contributed by atoms with Crippen LogP contribution in [0, 0.1) is 6.92 Å². The molecule has 0 atom stereocenters. The zero-order chi connectivity index (χ0) is 24.7. The number of sulfone groups is 1. The Morgan fingerprint density at radius 3 is 2.64 bits per heavy atom. The van der Waals surface area contributed by atoms with Crippen molar-refractivity contribution in [3.8, 4) is 5.75 Å². The van der Waals surface area contributed by atoms with Crippen LogP contribution in [0.2, 0.25) is 0 Å². The molecule has 0 amide bonds. The van der Waals surface area contributed by atoms with Gasteiger partial charge in [-0.05, 0) is 68.1 Å². The van der Waals surface area contributed by atoms with Crippen LogP contribution in [-0.4, -0.2) is 80.1 Å². The quantitative estimate of drug-likeness (QED) is 0.645. The zero-order valence-electron chi connectivity index (χ0n) is 20.8. The maximum Gasteiger partial charge on any atom is 0.153 e. The molecule has 1 aromatic heterocycles. The molecule has 10 heteroatoms. The number of benzene rings is 1. The van der Waals surface area contributed by atoms with Gasteiger partial charge in [0.2, 0.25) is 0 Å². The van der Waals surface area contributed by atoms with Gasteiger partial charge in [-0.15, -0.1) is 0 Å². The highest BCUT2D eigenvalue weighted by molar-refractivity contribution is 7.91. The molecule has 0 radical (unpaired) electrons. The Morgan fingerprint density at radius 1 is 1.08 bits per heavy atom. The number of rotatable bonds is 3. The number of nitrogens with zero attached hydrogens (tertiary/aromatic N) is 4. The third-order valence-corrected chi connectivity index (χ3v) is 9.50. The number of nitrogens with one attached hydrogen (secondary N) is 2. The van der Waals surface area contributed by atoms with E-state index in [1.807, 2.05) is 4.90 Å². The SMILES string of the molecule is Cc1cc(C2=CCN(C3CCNCC3)CC2)cc2c1OCc1c(ncnc1N1CCS(=O)(=O)CC1)N2. The lowest BCUT2D eigenvalue weighted by Crippen LogP contribution is -2.44. The third-order valence-electron chi connectivity index (χ3n) is 7.89. The Hall–Kier alpha value is -2.69. The fourth-order valence-corrected chi connectivity index (χ4v) is 7.01. The Balaban J connectivity index is 1.24. The Morgan fingerprint density at radius 2 is 1.89 bits per heavy atom. The van der Waals surface area contributed by atoms with Gasteiger partial charge in [0, 0.05) is 32.2 Å². The molecule has 0 unspecified atom stereocenters. The molecule has 0 spiro atoms. The highest BCUT2D eigenvalue weighted by Crippen LogP contribution is 2.40. The number of hydrogen-bond acceptors (Lipinski definition) is 9. The molecule has 5 heterocycles. The molecule has 2 N–H and O–H groups in total. The monoisotopic (exact) mass is 510 g/mol. The van der Waals surface area contributed by atoms with Crippen LogP contribution in [-0.2, 0) is 16.4 Å². The molecule has 0 bridgehead atoms. The minimum absolute atomic E-state index is 0.146. The lowest BCUT2D eigenvalue weighted by Gasteiger charge is -2.36. The van der Waals surface area contributed by atoms with Gasteiger partial charge in [0.05, 0.1) is 22.8 Å². The first-order valence-corrected chi connectivity index (χ1v) is 14.8. The number of ether oxygens (including phenoxy) is 1. The average molecular weight is 511 g/mol. The van der Waals surface area contributed by atoms with Gasteiger partial charge in [0.25, 0.3) is 0 Å². The van der Waals surface area contributed by atoms with Crippen LogP contribution in [0.3, 0.4) is 0 Å². The van der Waals surface area contributed by atoms with Crippen LogP contribution >= 0.6 is 0 Å². The zero-order valence-corrected chi connectivity index (χ0v) is 21.6. The second kappa shape index (κ2) is 9.64. The van der Waals surface area contributed by atoms with Gasteiger partial charge in [0.1, 0.15) is 30.3 Å². The predicted octanol–water partition coefficient (Wildman–Crippen LogP) is 2.50. The maximum absolute atomic E-state index is 11.9. The third kappa shape index (κ3) is 4.69. The molecular weight excluding hydrogens is 476 g/mol. The van der Waals surface area contributed by atoms with Crippen LogP contribution in [0.4, 0.5) is 17.3 Å². The summed E-state index contributed by atoms with van der Waals surface area (Å²) in [6, 6.07) is 5.10. The number of anilines is 3. The predicted molar refractivity (Wildman–Crippen MR) is 142 cm³/mol. The van der Waals surface area contributed by atoms with Gasteiger partial charge in [-0.3, -0.25) is 4.90 Å². The molecule has 4 aliphatic rings. The summed E-state index contributed by atoms with van der Waals surface area (Å²) in [6.07, 6.45) is 7.45. The van der Waals surface area contributed by atoms with Gasteiger partial charge in [-0.2, -0.15) is 0 Å². The highest BCUT2D eigenvalue weighted by Gasteiger charge is 2.28. The van der Waals surface area contributed by atoms with Gasteiger partial charge in [-0.25, -0.2) is 18.4 Å². The first-order valence-electron chi connectivity index (χ1n) is 12.9. The fraction of sp³-hybridized carbons (Fsp3) is 0.538. The largest absolute Gasteiger partial charge is 0.486 e. The van der Waals surface area contributed by atoms with Crippen LogP contribution in [0.1, 0.15) is 36.0 Å². The van der Waals surface area contributed by atoms with E-state index in [9.17, 15) is 8.42 Å². The molecule has 2 aromatic rings. The first kappa shape index (κ1) is 23.7. The topological polar surface area (TPSA) is 99.7 Å². The number of aromatic nitrogens is 2. The molecular formula is C26H34N6O3S. The van der Waals surface area contributed by atoms with Crippen molar-refractivity contribution in [2.45, 2.75) is 38.8 Å². The van der Waals surface area contributed by atoms with E-state index in [1.165, 1.54) is 24.0 Å². The lowest BCUT2D eigenvalue weighted by molar-refractivity contribution is 0.178. The summed E-state index contributed by atoms with van der Waals surface area (Å²) in [7, 11) is -2.97. The van der Waals surface area contributed by atoms with E-state index < -0.39 is 9.84 Å². The van der Waals surface area contributed by atoms with Crippen molar-refractivity contribution in [3.63, 3.8) is 0 Å². The normalized spacial score (nSPS) is 22.5. The van der Waals surface area contributed by atoms with Crippen LogP contribution in [0.25, 0.3) is 5.57 Å². The molecule has 192 valence electrons. The summed E-state index contributed by atoms with van der Waals surface area (Å²) in [4.78, 5) is 13.7. The molecule has 9 nitrogen and oxygen atoms in total. The van der Waals surface area contributed by atoms with Crippen molar-refractivity contribution in [2.24, 2.45) is 0 Å². The first-order chi connectivity index (χ1) is 17.5. The summed E-state index contributed by atoms with van der Waals surface area (Å²) in [5.74, 6) is 2.59. The van der Waals surface area contributed by atoms with Gasteiger partial charge >= 0.3 is 0 Å².